The third kappa shape index (κ3) is 2.14. The van der Waals surface area contributed by atoms with Gasteiger partial charge in [0, 0.05) is 13.0 Å². The first-order valence-electron chi connectivity index (χ1n) is 5.25. The zero-order valence-electron chi connectivity index (χ0n) is 9.49. The molecular formula is C12H14N4. The molecule has 0 spiro atoms. The number of hydrogen-bond donors (Lipinski definition) is 1. The summed E-state index contributed by atoms with van der Waals surface area (Å²) in [6.45, 7) is 4.72. The summed E-state index contributed by atoms with van der Waals surface area (Å²) < 4.78 is 1.80. The highest BCUT2D eigenvalue weighted by molar-refractivity contribution is 5.51. The average Bonchev–Trinajstić information content (AvgIpc) is 2.72. The van der Waals surface area contributed by atoms with E-state index >= 15 is 0 Å². The van der Waals surface area contributed by atoms with Gasteiger partial charge in [0.1, 0.15) is 12.1 Å². The smallest absolute Gasteiger partial charge is 0.157 e. The fourth-order valence-corrected chi connectivity index (χ4v) is 1.56. The van der Waals surface area contributed by atoms with Crippen LogP contribution < -0.4 is 5.32 Å². The van der Waals surface area contributed by atoms with E-state index in [9.17, 15) is 0 Å². The van der Waals surface area contributed by atoms with Crippen molar-refractivity contribution in [3.63, 3.8) is 0 Å². The van der Waals surface area contributed by atoms with E-state index in [2.05, 4.69) is 33.3 Å². The van der Waals surface area contributed by atoms with Crippen molar-refractivity contribution in [1.82, 2.24) is 14.6 Å². The maximum atomic E-state index is 4.17. The van der Waals surface area contributed by atoms with E-state index in [1.54, 1.807) is 10.8 Å². The normalized spacial score (nSPS) is 9.88. The molecule has 0 saturated carbocycles. The van der Waals surface area contributed by atoms with Gasteiger partial charge in [-0.1, -0.05) is 0 Å². The second kappa shape index (κ2) is 4.67. The highest BCUT2D eigenvalue weighted by atomic mass is 15.3. The lowest BCUT2D eigenvalue weighted by Gasteiger charge is -2.07. The van der Waals surface area contributed by atoms with Gasteiger partial charge in [-0.05, 0) is 31.5 Å². The van der Waals surface area contributed by atoms with E-state index in [0.29, 0.717) is 0 Å². The van der Waals surface area contributed by atoms with Gasteiger partial charge in [-0.2, -0.15) is 9.61 Å². The molecule has 0 atom stereocenters. The fraction of sp³-hybridized carbons (Fsp3) is 0.333. The second-order valence-electron chi connectivity index (χ2n) is 3.55. The number of aryl methyl sites for hydroxylation is 1. The molecule has 0 unspecified atom stereocenters. The van der Waals surface area contributed by atoms with Gasteiger partial charge in [0.2, 0.25) is 0 Å². The first kappa shape index (κ1) is 10.5. The number of aromatic nitrogens is 3. The standard InChI is InChI=1S/C12H14N4/c1-3-4-5-6-13-11-7-10(2)8-12-14-9-15-16(11)12/h7-9,13H,5-6H2,1-2H3. The quantitative estimate of drug-likeness (QED) is 0.626. The molecule has 0 aliphatic rings. The van der Waals surface area contributed by atoms with Crippen LogP contribution in [-0.2, 0) is 0 Å². The Labute approximate surface area is 94.7 Å². The summed E-state index contributed by atoms with van der Waals surface area (Å²) in [5.74, 6) is 6.85. The number of hydrogen-bond acceptors (Lipinski definition) is 3. The van der Waals surface area contributed by atoms with Crippen molar-refractivity contribution < 1.29 is 0 Å². The van der Waals surface area contributed by atoms with Gasteiger partial charge < -0.3 is 5.32 Å². The minimum atomic E-state index is 0.819. The predicted octanol–water partition coefficient (Wildman–Crippen LogP) is 1.86. The van der Waals surface area contributed by atoms with Crippen LogP contribution in [0.15, 0.2) is 18.5 Å². The van der Waals surface area contributed by atoms with E-state index in [-0.39, 0.29) is 0 Å². The van der Waals surface area contributed by atoms with Gasteiger partial charge in [-0.15, -0.1) is 11.8 Å². The van der Waals surface area contributed by atoms with Gasteiger partial charge in [0.05, 0.1) is 0 Å². The predicted molar refractivity (Wildman–Crippen MR) is 64.3 cm³/mol. The molecule has 0 radical (unpaired) electrons. The summed E-state index contributed by atoms with van der Waals surface area (Å²) in [7, 11) is 0. The van der Waals surface area contributed by atoms with Gasteiger partial charge in [-0.25, -0.2) is 4.98 Å². The van der Waals surface area contributed by atoms with Gasteiger partial charge >= 0.3 is 0 Å². The molecule has 0 aliphatic heterocycles. The van der Waals surface area contributed by atoms with Crippen molar-refractivity contribution in [2.24, 2.45) is 0 Å². The van der Waals surface area contributed by atoms with Gasteiger partial charge in [0.25, 0.3) is 0 Å². The molecule has 1 N–H and O–H groups in total. The van der Waals surface area contributed by atoms with Gasteiger partial charge in [0.15, 0.2) is 5.65 Å². The Morgan fingerprint density at radius 3 is 3.12 bits per heavy atom. The van der Waals surface area contributed by atoms with Crippen LogP contribution in [0.1, 0.15) is 18.9 Å². The third-order valence-corrected chi connectivity index (χ3v) is 2.26. The molecule has 0 amide bonds. The van der Waals surface area contributed by atoms with Crippen molar-refractivity contribution in [2.45, 2.75) is 20.3 Å². The van der Waals surface area contributed by atoms with Crippen molar-refractivity contribution in [3.05, 3.63) is 24.0 Å². The molecule has 0 fully saturated rings. The Hall–Kier alpha value is -2.02. The van der Waals surface area contributed by atoms with Crippen LogP contribution in [0.5, 0.6) is 0 Å². The van der Waals surface area contributed by atoms with E-state index in [1.165, 1.54) is 5.56 Å². The van der Waals surface area contributed by atoms with Crippen molar-refractivity contribution >= 4 is 11.5 Å². The van der Waals surface area contributed by atoms with Gasteiger partial charge in [-0.3, -0.25) is 0 Å². The van der Waals surface area contributed by atoms with E-state index in [0.717, 1.165) is 24.4 Å². The van der Waals surface area contributed by atoms with Crippen LogP contribution in [0.2, 0.25) is 0 Å². The number of fused-ring (bicyclic) bond motifs is 1. The third-order valence-electron chi connectivity index (χ3n) is 2.26. The highest BCUT2D eigenvalue weighted by Gasteiger charge is 2.02. The van der Waals surface area contributed by atoms with E-state index in [1.807, 2.05) is 19.9 Å². The van der Waals surface area contributed by atoms with E-state index in [4.69, 9.17) is 0 Å². The SMILES string of the molecule is CC#CCCNc1cc(C)cc2ncnn12. The molecule has 4 nitrogen and oxygen atoms in total. The molecule has 16 heavy (non-hydrogen) atoms. The van der Waals surface area contributed by atoms with Crippen LogP contribution in [0, 0.1) is 18.8 Å². The van der Waals surface area contributed by atoms with Crippen LogP contribution in [-0.4, -0.2) is 21.1 Å². The maximum Gasteiger partial charge on any atom is 0.157 e. The Kier molecular flexibility index (Phi) is 3.06. The molecule has 2 rings (SSSR count). The molecule has 2 aromatic rings. The number of nitrogens with zero attached hydrogens (tertiary/aromatic N) is 3. The lowest BCUT2D eigenvalue weighted by Crippen LogP contribution is -2.06. The zero-order chi connectivity index (χ0) is 11.4. The molecule has 0 aliphatic carbocycles. The molecule has 2 aromatic heterocycles. The topological polar surface area (TPSA) is 42.2 Å². The molecule has 0 saturated heterocycles. The van der Waals surface area contributed by atoms with Crippen molar-refractivity contribution in [2.75, 3.05) is 11.9 Å². The summed E-state index contributed by atoms with van der Waals surface area (Å²) in [6, 6.07) is 4.06. The average molecular weight is 214 g/mol. The lowest BCUT2D eigenvalue weighted by atomic mass is 10.3. The molecule has 0 bridgehead atoms. The summed E-state index contributed by atoms with van der Waals surface area (Å²) >= 11 is 0. The summed E-state index contributed by atoms with van der Waals surface area (Å²) in [4.78, 5) is 4.17. The minimum Gasteiger partial charge on any atom is -0.369 e. The van der Waals surface area contributed by atoms with Crippen LogP contribution in [0.25, 0.3) is 5.65 Å². The second-order valence-corrected chi connectivity index (χ2v) is 3.55. The number of rotatable bonds is 3. The molecule has 2 heterocycles. The van der Waals surface area contributed by atoms with E-state index < -0.39 is 0 Å². The van der Waals surface area contributed by atoms with Crippen LogP contribution in [0.4, 0.5) is 5.82 Å². The zero-order valence-corrected chi connectivity index (χ0v) is 9.49. The van der Waals surface area contributed by atoms with Crippen LogP contribution in [0.3, 0.4) is 0 Å². The highest BCUT2D eigenvalue weighted by Crippen LogP contribution is 2.12. The minimum absolute atomic E-state index is 0.819. The molecular weight excluding hydrogens is 200 g/mol. The molecule has 4 heteroatoms. The van der Waals surface area contributed by atoms with Crippen LogP contribution >= 0.6 is 0 Å². The number of nitrogens with one attached hydrogen (secondary N) is 1. The Morgan fingerprint density at radius 2 is 2.31 bits per heavy atom. The Balaban J connectivity index is 2.20. The van der Waals surface area contributed by atoms with Crippen molar-refractivity contribution in [1.29, 1.82) is 0 Å². The Bertz CT molecular complexity index is 545. The monoisotopic (exact) mass is 214 g/mol. The molecule has 82 valence electrons. The fourth-order valence-electron chi connectivity index (χ4n) is 1.56. The Morgan fingerprint density at radius 1 is 1.44 bits per heavy atom. The summed E-state index contributed by atoms with van der Waals surface area (Å²) in [5, 5.41) is 7.47. The first-order valence-corrected chi connectivity index (χ1v) is 5.25. The number of pyridine rings is 1. The first-order chi connectivity index (χ1) is 7.81. The maximum absolute atomic E-state index is 4.17. The summed E-state index contributed by atoms with van der Waals surface area (Å²) in [6.07, 6.45) is 2.40. The molecule has 0 aromatic carbocycles. The largest absolute Gasteiger partial charge is 0.369 e. The number of anilines is 1. The van der Waals surface area contributed by atoms with Crippen molar-refractivity contribution in [3.8, 4) is 11.8 Å². The summed E-state index contributed by atoms with van der Waals surface area (Å²) in [5.41, 5.74) is 2.04. The lowest BCUT2D eigenvalue weighted by molar-refractivity contribution is 0.938.